The average molecular weight is 376 g/mol. The van der Waals surface area contributed by atoms with E-state index in [2.05, 4.69) is 18.3 Å². The molecule has 2 aromatic rings. The molecule has 0 radical (unpaired) electrons. The Labute approximate surface area is 160 Å². The number of carbonyl (C=O) groups excluding carboxylic acids is 1. The minimum atomic E-state index is -0.575. The van der Waals surface area contributed by atoms with Gasteiger partial charge in [-0.25, -0.2) is 0 Å². The van der Waals surface area contributed by atoms with Crippen molar-refractivity contribution in [3.63, 3.8) is 0 Å². The molecule has 2 rings (SSSR count). The molecule has 26 heavy (non-hydrogen) atoms. The first kappa shape index (κ1) is 20.1. The van der Waals surface area contributed by atoms with Crippen molar-refractivity contribution >= 4 is 17.5 Å². The highest BCUT2D eigenvalue weighted by Crippen LogP contribution is 2.20. The summed E-state index contributed by atoms with van der Waals surface area (Å²) in [6.45, 7) is 5.12. The molecule has 0 heterocycles. The molecule has 0 aliphatic heterocycles. The maximum atomic E-state index is 12.2. The number of hydrogen-bond donors (Lipinski definition) is 1. The molecular formula is C21H26ClNO3. The summed E-state index contributed by atoms with van der Waals surface area (Å²) in [7, 11) is 0. The van der Waals surface area contributed by atoms with Gasteiger partial charge in [0.15, 0.2) is 6.10 Å². The van der Waals surface area contributed by atoms with Gasteiger partial charge in [0, 0.05) is 11.6 Å². The topological polar surface area (TPSA) is 47.6 Å². The smallest absolute Gasteiger partial charge is 0.260 e. The lowest BCUT2D eigenvalue weighted by molar-refractivity contribution is -0.127. The highest BCUT2D eigenvalue weighted by Gasteiger charge is 2.14. The van der Waals surface area contributed by atoms with Crippen LogP contribution in [0.2, 0.25) is 5.02 Å². The summed E-state index contributed by atoms with van der Waals surface area (Å²) < 4.78 is 11.4. The van der Waals surface area contributed by atoms with E-state index in [9.17, 15) is 4.79 Å². The molecule has 0 unspecified atom stereocenters. The maximum absolute atomic E-state index is 12.2. The fourth-order valence-corrected chi connectivity index (χ4v) is 2.68. The number of halogens is 1. The molecule has 0 aliphatic rings. The van der Waals surface area contributed by atoms with Gasteiger partial charge in [0.25, 0.3) is 5.91 Å². The Morgan fingerprint density at radius 2 is 2.00 bits per heavy atom. The predicted molar refractivity (Wildman–Crippen MR) is 105 cm³/mol. The lowest BCUT2D eigenvalue weighted by Crippen LogP contribution is -2.36. The summed E-state index contributed by atoms with van der Waals surface area (Å²) in [5.74, 6) is 1.38. The molecule has 4 nitrogen and oxygen atoms in total. The molecule has 0 saturated heterocycles. The first-order valence-corrected chi connectivity index (χ1v) is 9.38. The van der Waals surface area contributed by atoms with Crippen molar-refractivity contribution in [1.29, 1.82) is 0 Å². The van der Waals surface area contributed by atoms with E-state index in [-0.39, 0.29) is 5.91 Å². The summed E-state index contributed by atoms with van der Waals surface area (Å²) in [4.78, 5) is 12.2. The van der Waals surface area contributed by atoms with Gasteiger partial charge < -0.3 is 14.8 Å². The van der Waals surface area contributed by atoms with Gasteiger partial charge in [0.05, 0.1) is 6.61 Å². The lowest BCUT2D eigenvalue weighted by atomic mass is 10.1. The molecule has 0 aliphatic carbocycles. The zero-order chi connectivity index (χ0) is 18.8. The quantitative estimate of drug-likeness (QED) is 0.615. The van der Waals surface area contributed by atoms with Crippen molar-refractivity contribution in [2.45, 2.75) is 39.2 Å². The van der Waals surface area contributed by atoms with Gasteiger partial charge >= 0.3 is 0 Å². The summed E-state index contributed by atoms with van der Waals surface area (Å²) in [6.07, 6.45) is 2.09. The van der Waals surface area contributed by atoms with E-state index in [0.717, 1.165) is 25.0 Å². The number of nitrogens with one attached hydrogen (secondary N) is 1. The van der Waals surface area contributed by atoms with Crippen molar-refractivity contribution in [1.82, 2.24) is 5.32 Å². The maximum Gasteiger partial charge on any atom is 0.260 e. The molecule has 0 bridgehead atoms. The Morgan fingerprint density at radius 1 is 1.19 bits per heavy atom. The zero-order valence-corrected chi connectivity index (χ0v) is 16.1. The standard InChI is InChI=1S/C21H26ClNO3/c1-3-14-25-20-12-5-4-8-17(20)9-7-13-23-21(24)16(2)26-19-11-6-10-18(22)15-19/h4-6,8,10-12,15-16H,3,7,9,13-14H2,1-2H3,(H,23,24)/t16-/m1/s1. The second-order valence-corrected chi connectivity index (χ2v) is 6.50. The van der Waals surface area contributed by atoms with Crippen molar-refractivity contribution in [2.75, 3.05) is 13.2 Å². The number of amides is 1. The van der Waals surface area contributed by atoms with Crippen LogP contribution in [0.15, 0.2) is 48.5 Å². The molecule has 2 aromatic carbocycles. The Balaban J connectivity index is 1.74. The first-order chi connectivity index (χ1) is 12.6. The minimum Gasteiger partial charge on any atom is -0.493 e. The van der Waals surface area contributed by atoms with Gasteiger partial charge in [-0.2, -0.15) is 0 Å². The van der Waals surface area contributed by atoms with E-state index in [4.69, 9.17) is 21.1 Å². The van der Waals surface area contributed by atoms with Crippen molar-refractivity contribution in [2.24, 2.45) is 0 Å². The fourth-order valence-electron chi connectivity index (χ4n) is 2.50. The Hall–Kier alpha value is -2.20. The minimum absolute atomic E-state index is 0.138. The van der Waals surface area contributed by atoms with Crippen LogP contribution < -0.4 is 14.8 Å². The van der Waals surface area contributed by atoms with Crippen molar-refractivity contribution < 1.29 is 14.3 Å². The number of aryl methyl sites for hydroxylation is 1. The molecule has 140 valence electrons. The second kappa shape index (κ2) is 10.7. The Kier molecular flexibility index (Phi) is 8.29. The summed E-state index contributed by atoms with van der Waals surface area (Å²) in [5.41, 5.74) is 1.17. The predicted octanol–water partition coefficient (Wildman–Crippen LogP) is 4.65. The van der Waals surface area contributed by atoms with Crippen LogP contribution in [0.25, 0.3) is 0 Å². The van der Waals surface area contributed by atoms with Gasteiger partial charge in [-0.3, -0.25) is 4.79 Å². The van der Waals surface area contributed by atoms with E-state index >= 15 is 0 Å². The number of benzene rings is 2. The molecule has 0 fully saturated rings. The number of carbonyl (C=O) groups is 1. The molecule has 1 N–H and O–H groups in total. The van der Waals surface area contributed by atoms with E-state index < -0.39 is 6.10 Å². The lowest BCUT2D eigenvalue weighted by Gasteiger charge is -2.15. The third kappa shape index (κ3) is 6.60. The van der Waals surface area contributed by atoms with Crippen molar-refractivity contribution in [3.05, 3.63) is 59.1 Å². The van der Waals surface area contributed by atoms with Crippen LogP contribution in [0.5, 0.6) is 11.5 Å². The van der Waals surface area contributed by atoms with E-state index in [0.29, 0.717) is 23.9 Å². The SMILES string of the molecule is CCCOc1ccccc1CCCNC(=O)[C@@H](C)Oc1cccc(Cl)c1. The van der Waals surface area contributed by atoms with E-state index in [1.165, 1.54) is 5.56 Å². The van der Waals surface area contributed by atoms with Gasteiger partial charge in [-0.05, 0) is 56.0 Å². The highest BCUT2D eigenvalue weighted by molar-refractivity contribution is 6.30. The van der Waals surface area contributed by atoms with Crippen LogP contribution in [-0.2, 0) is 11.2 Å². The van der Waals surface area contributed by atoms with E-state index in [1.54, 1.807) is 31.2 Å². The van der Waals surface area contributed by atoms with Gasteiger partial charge in [-0.15, -0.1) is 0 Å². The summed E-state index contributed by atoms with van der Waals surface area (Å²) >= 11 is 5.92. The van der Waals surface area contributed by atoms with E-state index in [1.807, 2.05) is 18.2 Å². The number of ether oxygens (including phenoxy) is 2. The largest absolute Gasteiger partial charge is 0.493 e. The molecule has 5 heteroatoms. The highest BCUT2D eigenvalue weighted by atomic mass is 35.5. The molecule has 0 aromatic heterocycles. The van der Waals surface area contributed by atoms with Crippen LogP contribution in [0.1, 0.15) is 32.3 Å². The molecule has 0 saturated carbocycles. The van der Waals surface area contributed by atoms with Gasteiger partial charge in [-0.1, -0.05) is 42.8 Å². The molecule has 1 amide bonds. The second-order valence-electron chi connectivity index (χ2n) is 6.07. The summed E-state index contributed by atoms with van der Waals surface area (Å²) in [6, 6.07) is 15.1. The average Bonchev–Trinajstić information content (AvgIpc) is 2.64. The van der Waals surface area contributed by atoms with Crippen LogP contribution in [0.4, 0.5) is 0 Å². The fraction of sp³-hybridized carbons (Fsp3) is 0.381. The molecular weight excluding hydrogens is 350 g/mol. The normalized spacial score (nSPS) is 11.7. The number of rotatable bonds is 10. The first-order valence-electron chi connectivity index (χ1n) is 9.00. The van der Waals surface area contributed by atoms with Crippen LogP contribution in [-0.4, -0.2) is 25.2 Å². The summed E-state index contributed by atoms with van der Waals surface area (Å²) in [5, 5.41) is 3.49. The monoisotopic (exact) mass is 375 g/mol. The van der Waals surface area contributed by atoms with Crippen LogP contribution >= 0.6 is 11.6 Å². The number of para-hydroxylation sites is 1. The Morgan fingerprint density at radius 3 is 2.77 bits per heavy atom. The Bertz CT molecular complexity index is 705. The van der Waals surface area contributed by atoms with Gasteiger partial charge in [0.2, 0.25) is 0 Å². The third-order valence-electron chi connectivity index (χ3n) is 3.83. The molecule has 1 atom stereocenters. The third-order valence-corrected chi connectivity index (χ3v) is 4.07. The molecule has 0 spiro atoms. The van der Waals surface area contributed by atoms with Crippen molar-refractivity contribution in [3.8, 4) is 11.5 Å². The van der Waals surface area contributed by atoms with Crippen LogP contribution in [0, 0.1) is 0 Å². The van der Waals surface area contributed by atoms with Gasteiger partial charge in [0.1, 0.15) is 11.5 Å². The van der Waals surface area contributed by atoms with Crippen LogP contribution in [0.3, 0.4) is 0 Å². The number of hydrogen-bond acceptors (Lipinski definition) is 3. The zero-order valence-electron chi connectivity index (χ0n) is 15.3.